The molecule has 0 atom stereocenters. The number of rotatable bonds is 5. The summed E-state index contributed by atoms with van der Waals surface area (Å²) < 4.78 is 10.7. The third-order valence-electron chi connectivity index (χ3n) is 4.67. The molecule has 3 heteroatoms. The second-order valence-electron chi connectivity index (χ2n) is 6.23. The minimum absolute atomic E-state index is 0.839. The summed E-state index contributed by atoms with van der Waals surface area (Å²) in [4.78, 5) is 2.25. The van der Waals surface area contributed by atoms with Crippen molar-refractivity contribution in [2.75, 3.05) is 19.1 Å². The zero-order valence-corrected chi connectivity index (χ0v) is 15.4. The maximum Gasteiger partial charge on any atom is 0.119 e. The molecule has 0 radical (unpaired) electrons. The largest absolute Gasteiger partial charge is 0.497 e. The molecule has 0 bridgehead atoms. The van der Waals surface area contributed by atoms with E-state index in [9.17, 15) is 0 Å². The van der Waals surface area contributed by atoms with Gasteiger partial charge in [-0.1, -0.05) is 36.4 Å². The highest BCUT2D eigenvalue weighted by Crippen LogP contribution is 2.39. The van der Waals surface area contributed by atoms with Crippen LogP contribution >= 0.6 is 0 Å². The molecule has 0 unspecified atom stereocenters. The Kier molecular flexibility index (Phi) is 4.67. The first-order valence-corrected chi connectivity index (χ1v) is 8.86. The molecular weight excluding hydrogens is 334 g/mol. The highest BCUT2D eigenvalue weighted by molar-refractivity contribution is 5.98. The Balaban J connectivity index is 1.91. The monoisotopic (exact) mass is 355 g/mol. The van der Waals surface area contributed by atoms with E-state index in [1.807, 2.05) is 24.3 Å². The fourth-order valence-corrected chi connectivity index (χ4v) is 3.29. The lowest BCUT2D eigenvalue weighted by Crippen LogP contribution is -2.10. The molecule has 0 saturated heterocycles. The van der Waals surface area contributed by atoms with Crippen LogP contribution in [0.15, 0.2) is 91.0 Å². The molecule has 4 aromatic rings. The van der Waals surface area contributed by atoms with Crippen LogP contribution in [0.3, 0.4) is 0 Å². The van der Waals surface area contributed by atoms with E-state index in [0.29, 0.717) is 0 Å². The number of fused-ring (bicyclic) bond motifs is 1. The number of ether oxygens (including phenoxy) is 2. The van der Waals surface area contributed by atoms with Gasteiger partial charge >= 0.3 is 0 Å². The van der Waals surface area contributed by atoms with Crippen molar-refractivity contribution in [2.45, 2.75) is 0 Å². The van der Waals surface area contributed by atoms with E-state index >= 15 is 0 Å². The summed E-state index contributed by atoms with van der Waals surface area (Å²) in [6.07, 6.45) is 0. The summed E-state index contributed by atoms with van der Waals surface area (Å²) in [6, 6.07) is 31.0. The van der Waals surface area contributed by atoms with E-state index in [2.05, 4.69) is 71.6 Å². The topological polar surface area (TPSA) is 21.7 Å². The van der Waals surface area contributed by atoms with Crippen LogP contribution < -0.4 is 14.4 Å². The fourth-order valence-electron chi connectivity index (χ4n) is 3.29. The molecule has 134 valence electrons. The molecule has 3 nitrogen and oxygen atoms in total. The van der Waals surface area contributed by atoms with Crippen molar-refractivity contribution in [1.29, 1.82) is 0 Å². The van der Waals surface area contributed by atoms with Gasteiger partial charge in [0.1, 0.15) is 11.5 Å². The standard InChI is InChI=1S/C24H21NO2/c1-26-21-14-10-19(11-15-21)25(20-12-16-22(27-2)17-13-20)24-9-5-7-18-6-3-4-8-23(18)24/h3-17H,1-2H3. The Morgan fingerprint density at radius 3 is 1.63 bits per heavy atom. The summed E-state index contributed by atoms with van der Waals surface area (Å²) in [7, 11) is 3.36. The maximum absolute atomic E-state index is 5.33. The Morgan fingerprint density at radius 2 is 1.07 bits per heavy atom. The third kappa shape index (κ3) is 3.32. The minimum Gasteiger partial charge on any atom is -0.497 e. The normalized spacial score (nSPS) is 10.6. The lowest BCUT2D eigenvalue weighted by atomic mass is 10.1. The van der Waals surface area contributed by atoms with Crippen molar-refractivity contribution >= 4 is 27.8 Å². The molecule has 0 aliphatic carbocycles. The molecule has 4 rings (SSSR count). The van der Waals surface area contributed by atoms with E-state index in [0.717, 1.165) is 28.6 Å². The molecule has 0 amide bonds. The van der Waals surface area contributed by atoms with Gasteiger partial charge in [-0.3, -0.25) is 0 Å². The quantitative estimate of drug-likeness (QED) is 0.418. The Bertz CT molecular complexity index is 987. The number of hydrogen-bond acceptors (Lipinski definition) is 3. The lowest BCUT2D eigenvalue weighted by molar-refractivity contribution is 0.415. The van der Waals surface area contributed by atoms with Gasteiger partial charge in [0.05, 0.1) is 19.9 Å². The molecule has 0 N–H and O–H groups in total. The Hall–Kier alpha value is -3.46. The first kappa shape index (κ1) is 17.0. The van der Waals surface area contributed by atoms with E-state index in [1.165, 1.54) is 10.8 Å². The van der Waals surface area contributed by atoms with E-state index in [-0.39, 0.29) is 0 Å². The van der Waals surface area contributed by atoms with Crippen molar-refractivity contribution in [1.82, 2.24) is 0 Å². The molecule has 0 saturated carbocycles. The third-order valence-corrected chi connectivity index (χ3v) is 4.67. The van der Waals surface area contributed by atoms with Crippen LogP contribution in [0, 0.1) is 0 Å². The molecular formula is C24H21NO2. The highest BCUT2D eigenvalue weighted by atomic mass is 16.5. The average Bonchev–Trinajstić information content (AvgIpc) is 2.75. The number of hydrogen-bond donors (Lipinski definition) is 0. The van der Waals surface area contributed by atoms with Crippen LogP contribution in [0.5, 0.6) is 11.5 Å². The van der Waals surface area contributed by atoms with Crippen LogP contribution in [0.25, 0.3) is 10.8 Å². The van der Waals surface area contributed by atoms with Crippen LogP contribution in [0.2, 0.25) is 0 Å². The van der Waals surface area contributed by atoms with Gasteiger partial charge in [-0.25, -0.2) is 0 Å². The zero-order valence-electron chi connectivity index (χ0n) is 15.4. The SMILES string of the molecule is COc1ccc(N(c2ccc(OC)cc2)c2cccc3ccccc23)cc1. The number of anilines is 3. The summed E-state index contributed by atoms with van der Waals surface area (Å²) in [5, 5.41) is 2.41. The predicted octanol–water partition coefficient (Wildman–Crippen LogP) is 6.33. The van der Waals surface area contributed by atoms with Crippen LogP contribution in [0.4, 0.5) is 17.1 Å². The van der Waals surface area contributed by atoms with Crippen LogP contribution in [-0.2, 0) is 0 Å². The zero-order chi connectivity index (χ0) is 18.6. The van der Waals surface area contributed by atoms with Gasteiger partial charge in [-0.05, 0) is 60.0 Å². The predicted molar refractivity (Wildman–Crippen MR) is 112 cm³/mol. The molecule has 0 aliphatic rings. The first-order chi connectivity index (χ1) is 13.3. The Morgan fingerprint density at radius 1 is 0.556 bits per heavy atom. The Labute approximate surface area is 159 Å². The number of methoxy groups -OCH3 is 2. The van der Waals surface area contributed by atoms with Gasteiger partial charge in [-0.15, -0.1) is 0 Å². The summed E-state index contributed by atoms with van der Waals surface area (Å²) in [6.45, 7) is 0. The average molecular weight is 355 g/mol. The summed E-state index contributed by atoms with van der Waals surface area (Å²) >= 11 is 0. The van der Waals surface area contributed by atoms with Crippen LogP contribution in [0.1, 0.15) is 0 Å². The molecule has 0 fully saturated rings. The molecule has 0 aliphatic heterocycles. The van der Waals surface area contributed by atoms with Crippen molar-refractivity contribution in [3.05, 3.63) is 91.0 Å². The van der Waals surface area contributed by atoms with Gasteiger partial charge in [0.15, 0.2) is 0 Å². The molecule has 27 heavy (non-hydrogen) atoms. The van der Waals surface area contributed by atoms with Gasteiger partial charge in [0.2, 0.25) is 0 Å². The lowest BCUT2D eigenvalue weighted by Gasteiger charge is -2.27. The molecule has 4 aromatic carbocycles. The molecule has 0 spiro atoms. The van der Waals surface area contributed by atoms with Crippen molar-refractivity contribution in [2.24, 2.45) is 0 Å². The maximum atomic E-state index is 5.33. The first-order valence-electron chi connectivity index (χ1n) is 8.86. The van der Waals surface area contributed by atoms with E-state index in [1.54, 1.807) is 14.2 Å². The second kappa shape index (κ2) is 7.42. The van der Waals surface area contributed by atoms with Crippen molar-refractivity contribution < 1.29 is 9.47 Å². The summed E-state index contributed by atoms with van der Waals surface area (Å²) in [5.74, 6) is 1.68. The smallest absolute Gasteiger partial charge is 0.119 e. The molecule has 0 heterocycles. The fraction of sp³-hybridized carbons (Fsp3) is 0.0833. The summed E-state index contributed by atoms with van der Waals surface area (Å²) in [5.41, 5.74) is 3.26. The highest BCUT2D eigenvalue weighted by Gasteiger charge is 2.15. The van der Waals surface area contributed by atoms with Crippen molar-refractivity contribution in [3.8, 4) is 11.5 Å². The molecule has 0 aromatic heterocycles. The van der Waals surface area contributed by atoms with Gasteiger partial charge in [0.25, 0.3) is 0 Å². The van der Waals surface area contributed by atoms with Crippen LogP contribution in [-0.4, -0.2) is 14.2 Å². The van der Waals surface area contributed by atoms with Gasteiger partial charge in [0, 0.05) is 16.8 Å². The minimum atomic E-state index is 0.839. The van der Waals surface area contributed by atoms with Crippen molar-refractivity contribution in [3.63, 3.8) is 0 Å². The number of benzene rings is 4. The van der Waals surface area contributed by atoms with E-state index < -0.39 is 0 Å². The van der Waals surface area contributed by atoms with Gasteiger partial charge in [-0.2, -0.15) is 0 Å². The van der Waals surface area contributed by atoms with Gasteiger partial charge < -0.3 is 14.4 Å². The number of nitrogens with zero attached hydrogens (tertiary/aromatic N) is 1. The second-order valence-corrected chi connectivity index (χ2v) is 6.23. The van der Waals surface area contributed by atoms with E-state index in [4.69, 9.17) is 9.47 Å².